The van der Waals surface area contributed by atoms with Gasteiger partial charge in [0.05, 0.1) is 11.7 Å². The molecule has 0 spiro atoms. The number of anilines is 1. The zero-order valence-corrected chi connectivity index (χ0v) is 18.9. The lowest BCUT2D eigenvalue weighted by Crippen LogP contribution is -2.43. The minimum Gasteiger partial charge on any atom is -0.444 e. The second-order valence-electron chi connectivity index (χ2n) is 9.78. The molecule has 2 atom stereocenters. The van der Waals surface area contributed by atoms with Crippen LogP contribution in [-0.2, 0) is 17.6 Å². The summed E-state index contributed by atoms with van der Waals surface area (Å²) in [6.45, 7) is 6.61. The van der Waals surface area contributed by atoms with E-state index in [-0.39, 0.29) is 23.9 Å². The molecular formula is C24H30FN5O2. The number of rotatable bonds is 2. The molecule has 1 aliphatic carbocycles. The van der Waals surface area contributed by atoms with Gasteiger partial charge in [0, 0.05) is 19.0 Å². The first kappa shape index (κ1) is 22.1. The van der Waals surface area contributed by atoms with Gasteiger partial charge in [-0.25, -0.2) is 13.9 Å². The van der Waals surface area contributed by atoms with Crippen molar-refractivity contribution < 1.29 is 13.9 Å². The minimum atomic E-state index is -0.559. The van der Waals surface area contributed by atoms with Gasteiger partial charge in [0.1, 0.15) is 28.9 Å². The van der Waals surface area contributed by atoms with Crippen LogP contribution in [0.15, 0.2) is 18.2 Å². The molecule has 1 saturated heterocycles. The molecule has 7 nitrogen and oxygen atoms in total. The Morgan fingerprint density at radius 1 is 1.31 bits per heavy atom. The molecule has 4 rings (SSSR count). The molecule has 8 heteroatoms. The SMILES string of the molecule is CC(C)(C)OC(=O)N1CCC[C@@H](n2nc(C3CCc4cc(F)ccc4C3)c(C#N)c2N)C1. The number of nitriles is 1. The van der Waals surface area contributed by atoms with Gasteiger partial charge in [-0.3, -0.25) is 0 Å². The molecule has 1 aromatic carbocycles. The largest absolute Gasteiger partial charge is 0.444 e. The molecule has 1 fully saturated rings. The van der Waals surface area contributed by atoms with E-state index in [9.17, 15) is 14.4 Å². The fourth-order valence-corrected chi connectivity index (χ4v) is 4.75. The van der Waals surface area contributed by atoms with Gasteiger partial charge in [-0.15, -0.1) is 0 Å². The summed E-state index contributed by atoms with van der Waals surface area (Å²) in [5, 5.41) is 14.6. The van der Waals surface area contributed by atoms with E-state index in [1.54, 1.807) is 15.6 Å². The number of piperidine rings is 1. The number of halogens is 1. The van der Waals surface area contributed by atoms with Crippen molar-refractivity contribution in [3.63, 3.8) is 0 Å². The standard InChI is InChI=1S/C24H30FN5O2/c1-24(2,3)32-23(31)29-10-4-5-19(14-29)30-22(27)20(13-26)21(28-30)17-7-6-16-12-18(25)9-8-15(16)11-17/h8-9,12,17,19H,4-7,10-11,14,27H2,1-3H3/t17?,19-/m1/s1. The number of amides is 1. The topological polar surface area (TPSA) is 97.2 Å². The normalized spacial score (nSPS) is 21.0. The first-order valence-electron chi connectivity index (χ1n) is 11.2. The minimum absolute atomic E-state index is 0.0525. The van der Waals surface area contributed by atoms with E-state index in [2.05, 4.69) is 6.07 Å². The average Bonchev–Trinajstić information content (AvgIpc) is 3.08. The number of nitrogens with two attached hydrogens (primary N) is 1. The van der Waals surface area contributed by atoms with E-state index in [1.165, 1.54) is 6.07 Å². The second kappa shape index (κ2) is 8.45. The summed E-state index contributed by atoms with van der Waals surface area (Å²) in [4.78, 5) is 14.2. The van der Waals surface area contributed by atoms with Crippen LogP contribution in [0, 0.1) is 17.1 Å². The molecule has 0 bridgehead atoms. The van der Waals surface area contributed by atoms with Crippen molar-refractivity contribution in [3.05, 3.63) is 46.4 Å². The van der Waals surface area contributed by atoms with Gasteiger partial charge in [-0.1, -0.05) is 6.07 Å². The first-order valence-corrected chi connectivity index (χ1v) is 11.2. The molecule has 2 N–H and O–H groups in total. The van der Waals surface area contributed by atoms with Crippen LogP contribution in [0.1, 0.15) is 74.4 Å². The molecule has 170 valence electrons. The quantitative estimate of drug-likeness (QED) is 0.752. The molecule has 0 saturated carbocycles. The smallest absolute Gasteiger partial charge is 0.410 e. The average molecular weight is 440 g/mol. The maximum absolute atomic E-state index is 13.6. The van der Waals surface area contributed by atoms with Crippen molar-refractivity contribution in [3.8, 4) is 6.07 Å². The summed E-state index contributed by atoms with van der Waals surface area (Å²) < 4.78 is 20.8. The summed E-state index contributed by atoms with van der Waals surface area (Å²) in [6.07, 6.45) is 3.52. The molecule has 2 aliphatic rings. The van der Waals surface area contributed by atoms with E-state index in [0.717, 1.165) is 36.8 Å². The van der Waals surface area contributed by atoms with Crippen LogP contribution in [-0.4, -0.2) is 39.5 Å². The maximum atomic E-state index is 13.6. The van der Waals surface area contributed by atoms with Crippen molar-refractivity contribution in [2.45, 2.75) is 70.4 Å². The van der Waals surface area contributed by atoms with Crippen LogP contribution in [0.5, 0.6) is 0 Å². The van der Waals surface area contributed by atoms with Crippen LogP contribution in [0.4, 0.5) is 15.0 Å². The third-order valence-electron chi connectivity index (χ3n) is 6.26. The van der Waals surface area contributed by atoms with Gasteiger partial charge in [0.25, 0.3) is 0 Å². The number of carbonyl (C=O) groups is 1. The van der Waals surface area contributed by atoms with Crippen molar-refractivity contribution in [1.82, 2.24) is 14.7 Å². The van der Waals surface area contributed by atoms with Gasteiger partial charge in [-0.05, 0) is 76.1 Å². The van der Waals surface area contributed by atoms with Crippen LogP contribution in [0.3, 0.4) is 0 Å². The van der Waals surface area contributed by atoms with E-state index in [1.807, 2.05) is 26.8 Å². The van der Waals surface area contributed by atoms with Gasteiger partial charge in [0.15, 0.2) is 0 Å². The van der Waals surface area contributed by atoms with E-state index >= 15 is 0 Å². The highest BCUT2D eigenvalue weighted by Gasteiger charge is 2.33. The Labute approximate surface area is 187 Å². The number of hydrogen-bond acceptors (Lipinski definition) is 5. The monoisotopic (exact) mass is 439 g/mol. The molecule has 1 aliphatic heterocycles. The molecule has 0 radical (unpaired) electrons. The van der Waals surface area contributed by atoms with Gasteiger partial charge in [0.2, 0.25) is 0 Å². The van der Waals surface area contributed by atoms with Crippen LogP contribution in [0.25, 0.3) is 0 Å². The van der Waals surface area contributed by atoms with Gasteiger partial charge in [-0.2, -0.15) is 10.4 Å². The van der Waals surface area contributed by atoms with E-state index in [4.69, 9.17) is 15.6 Å². The molecule has 2 heterocycles. The van der Waals surface area contributed by atoms with Crippen LogP contribution < -0.4 is 5.73 Å². The summed E-state index contributed by atoms with van der Waals surface area (Å²) in [5.74, 6) is 0.181. The number of nitrogen functional groups attached to an aromatic ring is 1. The fraction of sp³-hybridized carbons (Fsp3) is 0.542. The Kier molecular flexibility index (Phi) is 5.85. The van der Waals surface area contributed by atoms with Gasteiger partial charge >= 0.3 is 6.09 Å². The number of aryl methyl sites for hydroxylation is 1. The number of carbonyl (C=O) groups excluding carboxylic acids is 1. The number of benzene rings is 1. The zero-order chi connectivity index (χ0) is 23.0. The van der Waals surface area contributed by atoms with Gasteiger partial charge < -0.3 is 15.4 Å². The molecule has 2 aromatic rings. The molecule has 1 unspecified atom stereocenters. The lowest BCUT2D eigenvalue weighted by molar-refractivity contribution is 0.0168. The number of ether oxygens (including phenoxy) is 1. The number of aromatic nitrogens is 2. The van der Waals surface area contributed by atoms with Crippen LogP contribution in [0.2, 0.25) is 0 Å². The van der Waals surface area contributed by atoms with Crippen molar-refractivity contribution in [2.24, 2.45) is 0 Å². The Morgan fingerprint density at radius 2 is 2.09 bits per heavy atom. The summed E-state index contributed by atoms with van der Waals surface area (Å²) in [5.41, 5.74) is 9.05. The lowest BCUT2D eigenvalue weighted by atomic mass is 9.81. The number of fused-ring (bicyclic) bond motifs is 1. The van der Waals surface area contributed by atoms with E-state index < -0.39 is 5.60 Å². The third-order valence-corrected chi connectivity index (χ3v) is 6.26. The predicted octanol–water partition coefficient (Wildman–Crippen LogP) is 4.32. The lowest BCUT2D eigenvalue weighted by Gasteiger charge is -2.34. The fourth-order valence-electron chi connectivity index (χ4n) is 4.75. The number of hydrogen-bond donors (Lipinski definition) is 1. The summed E-state index contributed by atoms with van der Waals surface area (Å²) in [6, 6.07) is 7.03. The third kappa shape index (κ3) is 4.43. The van der Waals surface area contributed by atoms with Crippen molar-refractivity contribution in [1.29, 1.82) is 5.26 Å². The summed E-state index contributed by atoms with van der Waals surface area (Å²) in [7, 11) is 0. The first-order chi connectivity index (χ1) is 15.2. The molecule has 32 heavy (non-hydrogen) atoms. The van der Waals surface area contributed by atoms with Crippen molar-refractivity contribution >= 4 is 11.9 Å². The maximum Gasteiger partial charge on any atom is 0.410 e. The zero-order valence-electron chi connectivity index (χ0n) is 18.9. The Balaban J connectivity index is 1.57. The molecule has 1 aromatic heterocycles. The Morgan fingerprint density at radius 3 is 2.81 bits per heavy atom. The number of nitrogens with zero attached hydrogens (tertiary/aromatic N) is 4. The Bertz CT molecular complexity index is 1070. The van der Waals surface area contributed by atoms with Crippen molar-refractivity contribution in [2.75, 3.05) is 18.8 Å². The molecule has 1 amide bonds. The predicted molar refractivity (Wildman–Crippen MR) is 119 cm³/mol. The highest BCUT2D eigenvalue weighted by Crippen LogP contribution is 2.37. The molecular weight excluding hydrogens is 409 g/mol. The highest BCUT2D eigenvalue weighted by atomic mass is 19.1. The summed E-state index contributed by atoms with van der Waals surface area (Å²) >= 11 is 0. The van der Waals surface area contributed by atoms with E-state index in [0.29, 0.717) is 36.6 Å². The van der Waals surface area contributed by atoms with Crippen LogP contribution >= 0.6 is 0 Å². The Hall–Kier alpha value is -3.08. The number of likely N-dealkylation sites (tertiary alicyclic amines) is 1. The highest BCUT2D eigenvalue weighted by molar-refractivity contribution is 5.68. The second-order valence-corrected chi connectivity index (χ2v) is 9.78.